The Morgan fingerprint density at radius 3 is 2.17 bits per heavy atom. The molecule has 0 N–H and O–H groups in total. The summed E-state index contributed by atoms with van der Waals surface area (Å²) < 4.78 is 13.5. The predicted molar refractivity (Wildman–Crippen MR) is 27.0 cm³/mol. The Morgan fingerprint density at radius 2 is 2.17 bits per heavy atom. The standard InChI is InChI=1S/CH3Cl2O2P/c2-1(3)5-6-4/h1H,6H2. The lowest BCUT2D eigenvalue weighted by Gasteiger charge is -1.88. The summed E-state index contributed by atoms with van der Waals surface area (Å²) in [5.74, 6) is 0. The average molecular weight is 149 g/mol. The normalized spacial score (nSPS) is 11.8. The number of hydrogen-bond donors (Lipinski definition) is 0. The highest BCUT2D eigenvalue weighted by molar-refractivity contribution is 7.17. The SMILES string of the molecule is O=[PH2]OC(Cl)Cl. The second-order valence-electron chi connectivity index (χ2n) is 0.493. The zero-order valence-corrected chi connectivity index (χ0v) is 5.39. The van der Waals surface area contributed by atoms with Gasteiger partial charge in [0.15, 0.2) is 8.69 Å². The van der Waals surface area contributed by atoms with Gasteiger partial charge in [0, 0.05) is 0 Å². The van der Waals surface area contributed by atoms with Gasteiger partial charge in [0.1, 0.15) is 0 Å². The van der Waals surface area contributed by atoms with Gasteiger partial charge < -0.3 is 0 Å². The molecule has 0 aromatic carbocycles. The van der Waals surface area contributed by atoms with E-state index in [2.05, 4.69) is 4.52 Å². The summed E-state index contributed by atoms with van der Waals surface area (Å²) >= 11 is 9.88. The third-order valence-electron chi connectivity index (χ3n) is 0.158. The summed E-state index contributed by atoms with van der Waals surface area (Å²) in [6.45, 7) is 0. The second-order valence-corrected chi connectivity index (χ2v) is 1.97. The van der Waals surface area contributed by atoms with Crippen molar-refractivity contribution >= 4 is 31.9 Å². The fourth-order valence-corrected chi connectivity index (χ4v) is 0.378. The van der Waals surface area contributed by atoms with Gasteiger partial charge in [0.2, 0.25) is 5.02 Å². The van der Waals surface area contributed by atoms with Crippen LogP contribution in [0.4, 0.5) is 0 Å². The molecule has 0 rings (SSSR count). The van der Waals surface area contributed by atoms with E-state index in [-0.39, 0.29) is 0 Å². The molecule has 0 aliphatic rings. The summed E-state index contributed by atoms with van der Waals surface area (Å²) in [7, 11) is -1.26. The number of rotatable bonds is 2. The van der Waals surface area contributed by atoms with Gasteiger partial charge in [-0.1, -0.05) is 23.2 Å². The lowest BCUT2D eigenvalue weighted by molar-refractivity contribution is 0.379. The lowest BCUT2D eigenvalue weighted by Crippen LogP contribution is -1.79. The first kappa shape index (κ1) is 6.77. The Kier molecular flexibility index (Phi) is 4.45. The second kappa shape index (κ2) is 3.94. The minimum absolute atomic E-state index is 0.933. The van der Waals surface area contributed by atoms with Crippen molar-refractivity contribution in [3.05, 3.63) is 0 Å². The van der Waals surface area contributed by atoms with Crippen LogP contribution in [0.15, 0.2) is 0 Å². The van der Waals surface area contributed by atoms with Gasteiger partial charge in [-0.3, -0.25) is 9.09 Å². The van der Waals surface area contributed by atoms with Gasteiger partial charge in [-0.05, 0) is 0 Å². The predicted octanol–water partition coefficient (Wildman–Crippen LogP) is 1.44. The molecule has 0 heterocycles. The Morgan fingerprint density at radius 1 is 1.67 bits per heavy atom. The monoisotopic (exact) mass is 148 g/mol. The van der Waals surface area contributed by atoms with Crippen molar-refractivity contribution in [2.45, 2.75) is 5.02 Å². The van der Waals surface area contributed by atoms with Crippen molar-refractivity contribution < 1.29 is 9.09 Å². The van der Waals surface area contributed by atoms with Gasteiger partial charge in [-0.2, -0.15) is 0 Å². The first-order valence-corrected chi connectivity index (χ1v) is 2.96. The van der Waals surface area contributed by atoms with Crippen LogP contribution in [-0.4, -0.2) is 5.02 Å². The highest BCUT2D eigenvalue weighted by atomic mass is 35.5. The molecule has 0 bridgehead atoms. The van der Waals surface area contributed by atoms with E-state index in [0.29, 0.717) is 0 Å². The van der Waals surface area contributed by atoms with Gasteiger partial charge in [-0.25, -0.2) is 0 Å². The van der Waals surface area contributed by atoms with Gasteiger partial charge in [-0.15, -0.1) is 0 Å². The summed E-state index contributed by atoms with van der Waals surface area (Å²) in [6, 6.07) is 0. The van der Waals surface area contributed by atoms with Crippen LogP contribution in [0.2, 0.25) is 0 Å². The van der Waals surface area contributed by atoms with Gasteiger partial charge in [0.05, 0.1) is 0 Å². The van der Waals surface area contributed by atoms with Crippen LogP contribution in [0, 0.1) is 0 Å². The topological polar surface area (TPSA) is 26.3 Å². The summed E-state index contributed by atoms with van der Waals surface area (Å²) in [4.78, 5) is 0. The van der Waals surface area contributed by atoms with Crippen molar-refractivity contribution in [2.75, 3.05) is 0 Å². The number of hydrogen-bond acceptors (Lipinski definition) is 2. The molecule has 0 saturated carbocycles. The van der Waals surface area contributed by atoms with Gasteiger partial charge >= 0.3 is 0 Å². The van der Waals surface area contributed by atoms with E-state index < -0.39 is 13.7 Å². The van der Waals surface area contributed by atoms with E-state index in [1.165, 1.54) is 0 Å². The van der Waals surface area contributed by atoms with E-state index in [4.69, 9.17) is 23.2 Å². The zero-order chi connectivity index (χ0) is 4.99. The molecule has 0 spiro atoms. The lowest BCUT2D eigenvalue weighted by atomic mass is 11.7. The maximum atomic E-state index is 9.43. The molecule has 0 fully saturated rings. The van der Waals surface area contributed by atoms with Crippen molar-refractivity contribution in [2.24, 2.45) is 0 Å². The van der Waals surface area contributed by atoms with E-state index in [9.17, 15) is 4.57 Å². The molecule has 6 heavy (non-hydrogen) atoms. The largest absolute Gasteiger partial charge is 0.300 e. The van der Waals surface area contributed by atoms with Crippen LogP contribution in [0.5, 0.6) is 0 Å². The molecule has 38 valence electrons. The molecule has 0 aliphatic heterocycles. The Bertz CT molecular complexity index is 46.8. The molecule has 0 amide bonds. The van der Waals surface area contributed by atoms with E-state index in [1.54, 1.807) is 0 Å². The van der Waals surface area contributed by atoms with Crippen molar-refractivity contribution in [1.29, 1.82) is 0 Å². The van der Waals surface area contributed by atoms with E-state index in [0.717, 1.165) is 0 Å². The third kappa shape index (κ3) is 4.77. The Balaban J connectivity index is 2.81. The zero-order valence-electron chi connectivity index (χ0n) is 2.73. The smallest absolute Gasteiger partial charge is 0.212 e. The molecule has 0 aromatic heterocycles. The first-order valence-electron chi connectivity index (χ1n) is 1.14. The molecule has 0 aliphatic carbocycles. The van der Waals surface area contributed by atoms with Crippen LogP contribution in [-0.2, 0) is 9.09 Å². The molecule has 0 aromatic rings. The Labute approximate surface area is 46.7 Å². The third-order valence-corrected chi connectivity index (χ3v) is 1.09. The maximum Gasteiger partial charge on any atom is 0.212 e. The fourth-order valence-electron chi connectivity index (χ4n) is 0.0420. The molecule has 0 saturated heterocycles. The van der Waals surface area contributed by atoms with Crippen LogP contribution in [0.3, 0.4) is 0 Å². The number of halogens is 2. The molecule has 2 nitrogen and oxygen atoms in total. The molecule has 0 radical (unpaired) electrons. The molecule has 1 unspecified atom stereocenters. The summed E-state index contributed by atoms with van der Waals surface area (Å²) in [5, 5.41) is -0.933. The summed E-state index contributed by atoms with van der Waals surface area (Å²) in [6.07, 6.45) is 0. The minimum Gasteiger partial charge on any atom is -0.300 e. The average Bonchev–Trinajstić information content (AvgIpc) is 1.35. The highest BCUT2D eigenvalue weighted by Gasteiger charge is 1.89. The van der Waals surface area contributed by atoms with Crippen LogP contribution in [0.1, 0.15) is 0 Å². The van der Waals surface area contributed by atoms with Crippen molar-refractivity contribution in [1.82, 2.24) is 0 Å². The fraction of sp³-hybridized carbons (Fsp3) is 1.00. The highest BCUT2D eigenvalue weighted by Crippen LogP contribution is 2.09. The molecule has 5 heteroatoms. The van der Waals surface area contributed by atoms with Gasteiger partial charge in [0.25, 0.3) is 0 Å². The molecular weight excluding hydrogens is 146 g/mol. The summed E-state index contributed by atoms with van der Waals surface area (Å²) in [5.41, 5.74) is 0. The van der Waals surface area contributed by atoms with Crippen LogP contribution < -0.4 is 0 Å². The molecular formula is CH3Cl2O2P. The quantitative estimate of drug-likeness (QED) is 0.438. The van der Waals surface area contributed by atoms with E-state index >= 15 is 0 Å². The minimum atomic E-state index is -1.26. The first-order chi connectivity index (χ1) is 2.77. The van der Waals surface area contributed by atoms with Crippen molar-refractivity contribution in [3.8, 4) is 0 Å². The van der Waals surface area contributed by atoms with Crippen molar-refractivity contribution in [3.63, 3.8) is 0 Å². The van der Waals surface area contributed by atoms with Crippen LogP contribution >= 0.6 is 31.9 Å². The van der Waals surface area contributed by atoms with Crippen LogP contribution in [0.25, 0.3) is 0 Å². The molecule has 1 atom stereocenters. The Hall–Kier alpha value is 0.770. The maximum absolute atomic E-state index is 9.43. The number of alkyl halides is 2. The van der Waals surface area contributed by atoms with E-state index in [1.807, 2.05) is 0 Å².